The lowest BCUT2D eigenvalue weighted by Crippen LogP contribution is -2.70. The van der Waals surface area contributed by atoms with Crippen LogP contribution in [0.5, 0.6) is 0 Å². The number of amides is 5. The van der Waals surface area contributed by atoms with Crippen LogP contribution in [0.4, 0.5) is 0 Å². The van der Waals surface area contributed by atoms with Crippen LogP contribution in [0.25, 0.3) is 0 Å². The van der Waals surface area contributed by atoms with Crippen LogP contribution in [-0.4, -0.2) is 103 Å². The highest BCUT2D eigenvalue weighted by Crippen LogP contribution is 2.26. The van der Waals surface area contributed by atoms with Gasteiger partial charge in [0.2, 0.25) is 29.5 Å². The van der Waals surface area contributed by atoms with Gasteiger partial charge in [-0.05, 0) is 17.9 Å². The molecule has 8 N–H and O–H groups in total. The Hall–Kier alpha value is -5.10. The Balaban J connectivity index is 2.51. The van der Waals surface area contributed by atoms with Crippen molar-refractivity contribution >= 4 is 47.4 Å². The second-order valence-electron chi connectivity index (χ2n) is 12.5. The van der Waals surface area contributed by atoms with E-state index in [1.165, 1.54) is 0 Å². The lowest BCUT2D eigenvalue weighted by atomic mass is 9.94. The first-order chi connectivity index (χ1) is 23.9. The van der Waals surface area contributed by atoms with E-state index in [1.54, 1.807) is 30.3 Å². The van der Waals surface area contributed by atoms with Gasteiger partial charge in [0.05, 0.1) is 12.5 Å². The van der Waals surface area contributed by atoms with Crippen molar-refractivity contribution in [3.8, 4) is 0 Å². The molecule has 282 valence electrons. The summed E-state index contributed by atoms with van der Waals surface area (Å²) in [7, 11) is 0. The molecule has 0 radical (unpaired) electrons. The van der Waals surface area contributed by atoms with Crippen molar-refractivity contribution in [2.75, 3.05) is 6.61 Å². The van der Waals surface area contributed by atoms with Gasteiger partial charge in [0.15, 0.2) is 18.4 Å². The van der Waals surface area contributed by atoms with Crippen molar-refractivity contribution in [3.05, 3.63) is 35.9 Å². The van der Waals surface area contributed by atoms with Crippen LogP contribution < -0.4 is 32.7 Å². The summed E-state index contributed by atoms with van der Waals surface area (Å²) in [5.74, 6) is -6.40. The minimum Gasteiger partial charge on any atom is -0.463 e. The molecule has 51 heavy (non-hydrogen) atoms. The van der Waals surface area contributed by atoms with Crippen molar-refractivity contribution in [1.82, 2.24) is 21.3 Å². The van der Waals surface area contributed by atoms with E-state index in [1.807, 2.05) is 13.8 Å². The van der Waals surface area contributed by atoms with E-state index in [4.69, 9.17) is 30.4 Å². The van der Waals surface area contributed by atoms with E-state index in [2.05, 4.69) is 21.3 Å². The Morgan fingerprint density at radius 2 is 1.37 bits per heavy atom. The molecule has 1 aromatic carbocycles. The van der Waals surface area contributed by atoms with Gasteiger partial charge in [-0.3, -0.25) is 38.4 Å². The standard InChI is InChI=1S/C33H48N6O12/c1-16(2)12-22(34)30(45)37-24(14-26(35)44)31(46)38-23(13-21-10-8-7-9-11-21)32(47)39-33-27(36-17(3)40)29(50-20(6)43)28(49-19(5)42)25(51-33)15-48-18(4)41/h7-11,16,22-25,27-29,33H,12-15,34H2,1-6H3,(H2,35,44)(H,36,40)(H,37,45)(H,38,46)(H,39,47)/t22-,23-,24-,25-,27-,28-,29-,33-/m0/s1. The van der Waals surface area contributed by atoms with E-state index >= 15 is 0 Å². The summed E-state index contributed by atoms with van der Waals surface area (Å²) >= 11 is 0. The smallest absolute Gasteiger partial charge is 0.303 e. The van der Waals surface area contributed by atoms with E-state index in [9.17, 15) is 38.4 Å². The highest BCUT2D eigenvalue weighted by atomic mass is 16.6. The van der Waals surface area contributed by atoms with Gasteiger partial charge < -0.3 is 51.7 Å². The number of benzene rings is 1. The van der Waals surface area contributed by atoms with Gasteiger partial charge in [-0.1, -0.05) is 44.2 Å². The monoisotopic (exact) mass is 720 g/mol. The van der Waals surface area contributed by atoms with Gasteiger partial charge in [0, 0.05) is 34.1 Å². The molecule has 0 saturated carbocycles. The largest absolute Gasteiger partial charge is 0.463 e. The topological polar surface area (TPSA) is 274 Å². The third-order valence-corrected chi connectivity index (χ3v) is 7.42. The molecule has 0 spiro atoms. The summed E-state index contributed by atoms with van der Waals surface area (Å²) in [6.45, 7) is 7.61. The first kappa shape index (κ1) is 42.1. The molecule has 18 heteroatoms. The average Bonchev–Trinajstić information content (AvgIpc) is 3.01. The second-order valence-corrected chi connectivity index (χ2v) is 12.5. The van der Waals surface area contributed by atoms with Crippen LogP contribution in [0.15, 0.2) is 30.3 Å². The molecule has 0 bridgehead atoms. The maximum absolute atomic E-state index is 14.0. The van der Waals surface area contributed by atoms with E-state index in [0.717, 1.165) is 27.7 Å². The summed E-state index contributed by atoms with van der Waals surface area (Å²) in [6.07, 6.45) is -6.13. The zero-order valence-corrected chi connectivity index (χ0v) is 29.5. The molecular formula is C33H48N6O12. The van der Waals surface area contributed by atoms with E-state index < -0.39 is 109 Å². The quantitative estimate of drug-likeness (QED) is 0.0768. The molecule has 1 aromatic rings. The van der Waals surface area contributed by atoms with Crippen LogP contribution in [0.2, 0.25) is 0 Å². The minimum atomic E-state index is -1.52. The fourth-order valence-electron chi connectivity index (χ4n) is 5.33. The molecular weight excluding hydrogens is 672 g/mol. The third kappa shape index (κ3) is 14.3. The molecule has 8 atom stereocenters. The first-order valence-corrected chi connectivity index (χ1v) is 16.3. The van der Waals surface area contributed by atoms with Crippen molar-refractivity contribution in [1.29, 1.82) is 0 Å². The maximum atomic E-state index is 14.0. The third-order valence-electron chi connectivity index (χ3n) is 7.42. The van der Waals surface area contributed by atoms with E-state index in [-0.39, 0.29) is 18.8 Å². The number of carbonyl (C=O) groups excluding carboxylic acids is 8. The fraction of sp³-hybridized carbons (Fsp3) is 0.576. The number of hydrogen-bond acceptors (Lipinski definition) is 13. The highest BCUT2D eigenvalue weighted by molar-refractivity contribution is 5.95. The molecule has 1 heterocycles. The van der Waals surface area contributed by atoms with Crippen LogP contribution in [0, 0.1) is 5.92 Å². The number of primary amides is 1. The first-order valence-electron chi connectivity index (χ1n) is 16.3. The normalized spacial score (nSPS) is 21.5. The SMILES string of the molecule is CC(=O)N[C@H]1[C@H](OC(C)=O)[C@@H](OC(C)=O)[C@H](COC(C)=O)O[C@@H]1NC(=O)[C@H](Cc1ccccc1)NC(=O)[C@H](CC(N)=O)NC(=O)[C@@H](N)CC(C)C. The zero-order chi connectivity index (χ0) is 38.4. The molecule has 5 amide bonds. The Kier molecular flexibility index (Phi) is 16.4. The van der Waals surface area contributed by atoms with Crippen LogP contribution >= 0.6 is 0 Å². The van der Waals surface area contributed by atoms with Gasteiger partial charge in [0.1, 0.15) is 30.8 Å². The number of esters is 3. The van der Waals surface area contributed by atoms with Gasteiger partial charge in [-0.25, -0.2) is 0 Å². The van der Waals surface area contributed by atoms with Crippen molar-refractivity contribution in [2.24, 2.45) is 17.4 Å². The van der Waals surface area contributed by atoms with E-state index in [0.29, 0.717) is 5.56 Å². The van der Waals surface area contributed by atoms with Crippen molar-refractivity contribution in [2.45, 2.75) is 110 Å². The Morgan fingerprint density at radius 3 is 1.90 bits per heavy atom. The molecule has 1 saturated heterocycles. The zero-order valence-electron chi connectivity index (χ0n) is 29.5. The predicted octanol–water partition coefficient (Wildman–Crippen LogP) is -1.78. The molecule has 1 aliphatic rings. The molecule has 0 unspecified atom stereocenters. The molecule has 0 aliphatic carbocycles. The van der Waals surface area contributed by atoms with Crippen LogP contribution in [-0.2, 0) is 63.7 Å². The Labute approximate surface area is 295 Å². The number of nitrogens with one attached hydrogen (secondary N) is 4. The van der Waals surface area contributed by atoms with Crippen molar-refractivity contribution < 1.29 is 57.3 Å². The number of carbonyl (C=O) groups is 8. The maximum Gasteiger partial charge on any atom is 0.303 e. The van der Waals surface area contributed by atoms with Crippen LogP contribution in [0.1, 0.15) is 59.9 Å². The number of hydrogen-bond donors (Lipinski definition) is 6. The molecule has 2 rings (SSSR count). The Bertz CT molecular complexity index is 1420. The summed E-state index contributed by atoms with van der Waals surface area (Å²) in [6, 6.07) is 3.26. The minimum absolute atomic E-state index is 0.0507. The van der Waals surface area contributed by atoms with Crippen molar-refractivity contribution in [3.63, 3.8) is 0 Å². The molecule has 1 fully saturated rings. The molecule has 0 aromatic heterocycles. The summed E-state index contributed by atoms with van der Waals surface area (Å²) in [5, 5.41) is 10.1. The number of nitrogens with two attached hydrogens (primary N) is 2. The van der Waals surface area contributed by atoms with Gasteiger partial charge in [-0.15, -0.1) is 0 Å². The lowest BCUT2D eigenvalue weighted by molar-refractivity contribution is -0.228. The van der Waals surface area contributed by atoms with Gasteiger partial charge in [0.25, 0.3) is 0 Å². The average molecular weight is 721 g/mol. The summed E-state index contributed by atoms with van der Waals surface area (Å²) in [5.41, 5.74) is 11.9. The van der Waals surface area contributed by atoms with Gasteiger partial charge in [-0.2, -0.15) is 0 Å². The fourth-order valence-corrected chi connectivity index (χ4v) is 5.33. The number of rotatable bonds is 17. The summed E-state index contributed by atoms with van der Waals surface area (Å²) < 4.78 is 22.0. The van der Waals surface area contributed by atoms with Gasteiger partial charge >= 0.3 is 17.9 Å². The number of ether oxygens (including phenoxy) is 4. The molecule has 18 nitrogen and oxygen atoms in total. The lowest BCUT2D eigenvalue weighted by Gasteiger charge is -2.45. The molecule has 1 aliphatic heterocycles. The Morgan fingerprint density at radius 1 is 0.784 bits per heavy atom. The second kappa shape index (κ2) is 19.9. The highest BCUT2D eigenvalue weighted by Gasteiger charge is 2.51. The predicted molar refractivity (Wildman–Crippen MR) is 177 cm³/mol. The van der Waals surface area contributed by atoms with Crippen LogP contribution in [0.3, 0.4) is 0 Å². The summed E-state index contributed by atoms with van der Waals surface area (Å²) in [4.78, 5) is 101.